The van der Waals surface area contributed by atoms with E-state index in [0.29, 0.717) is 5.82 Å². The number of nitrogens with zero attached hydrogens (tertiary/aromatic N) is 1. The van der Waals surface area contributed by atoms with Crippen molar-refractivity contribution >= 4 is 15.9 Å². The van der Waals surface area contributed by atoms with Crippen LogP contribution in [-0.2, 0) is 0 Å². The lowest BCUT2D eigenvalue weighted by Crippen LogP contribution is -2.12. The van der Waals surface area contributed by atoms with Crippen molar-refractivity contribution in [2.75, 3.05) is 0 Å². The van der Waals surface area contributed by atoms with E-state index in [1.54, 1.807) is 0 Å². The zero-order chi connectivity index (χ0) is 12.6. The van der Waals surface area contributed by atoms with E-state index in [9.17, 15) is 9.90 Å². The van der Waals surface area contributed by atoms with Crippen LogP contribution in [0.25, 0.3) is 11.4 Å². The lowest BCUT2D eigenvalue weighted by atomic mass is 10.1. The van der Waals surface area contributed by atoms with Gasteiger partial charge in [0.25, 0.3) is 5.56 Å². The highest BCUT2D eigenvalue weighted by Gasteiger charge is 2.09. The van der Waals surface area contributed by atoms with Gasteiger partial charge >= 0.3 is 0 Å². The van der Waals surface area contributed by atoms with Crippen molar-refractivity contribution in [1.82, 2.24) is 9.97 Å². The van der Waals surface area contributed by atoms with Crippen molar-refractivity contribution in [2.24, 2.45) is 0 Å². The van der Waals surface area contributed by atoms with Gasteiger partial charge in [-0.05, 0) is 37.6 Å². The second kappa shape index (κ2) is 4.33. The molecule has 0 amide bonds. The molecule has 0 spiro atoms. The van der Waals surface area contributed by atoms with Crippen LogP contribution in [0, 0.1) is 13.8 Å². The van der Waals surface area contributed by atoms with E-state index < -0.39 is 0 Å². The summed E-state index contributed by atoms with van der Waals surface area (Å²) >= 11 is 3.37. The van der Waals surface area contributed by atoms with Crippen LogP contribution >= 0.6 is 15.9 Å². The maximum absolute atomic E-state index is 11.5. The summed E-state index contributed by atoms with van der Waals surface area (Å²) in [5.41, 5.74) is 1.66. The molecule has 0 atom stereocenters. The highest BCUT2D eigenvalue weighted by molar-refractivity contribution is 9.10. The summed E-state index contributed by atoms with van der Waals surface area (Å²) in [6, 6.07) is 5.62. The van der Waals surface area contributed by atoms with Gasteiger partial charge in [0.15, 0.2) is 0 Å². The first-order valence-electron chi connectivity index (χ1n) is 5.05. The number of aromatic amines is 1. The molecule has 17 heavy (non-hydrogen) atoms. The summed E-state index contributed by atoms with van der Waals surface area (Å²) in [5.74, 6) is 0.147. The summed E-state index contributed by atoms with van der Waals surface area (Å²) in [4.78, 5) is 18.2. The van der Waals surface area contributed by atoms with Crippen molar-refractivity contribution in [3.05, 3.63) is 44.2 Å². The molecule has 1 aromatic heterocycles. The minimum Gasteiger partial charge on any atom is -0.493 e. The molecule has 0 saturated heterocycles. The molecule has 0 bridgehead atoms. The third-order valence-electron chi connectivity index (χ3n) is 2.57. The third kappa shape index (κ3) is 2.24. The van der Waals surface area contributed by atoms with E-state index in [0.717, 1.165) is 15.6 Å². The normalized spacial score (nSPS) is 10.5. The molecule has 1 heterocycles. The van der Waals surface area contributed by atoms with Crippen LogP contribution < -0.4 is 5.56 Å². The lowest BCUT2D eigenvalue weighted by molar-refractivity contribution is 0.447. The summed E-state index contributed by atoms with van der Waals surface area (Å²) in [6.45, 7) is 3.44. The Bertz CT molecular complexity index is 635. The average molecular weight is 295 g/mol. The fraction of sp³-hybridized carbons (Fsp3) is 0.167. The number of aromatic hydroxyl groups is 1. The number of halogens is 1. The summed E-state index contributed by atoms with van der Waals surface area (Å²) in [7, 11) is 0. The van der Waals surface area contributed by atoms with Crippen molar-refractivity contribution in [3.8, 4) is 17.3 Å². The van der Waals surface area contributed by atoms with Crippen LogP contribution in [0.2, 0.25) is 0 Å². The van der Waals surface area contributed by atoms with Crippen LogP contribution in [0.4, 0.5) is 0 Å². The van der Waals surface area contributed by atoms with Crippen LogP contribution in [0.3, 0.4) is 0 Å². The SMILES string of the molecule is Cc1cc(Br)ccc1-c1nc(O)c(C)c(=O)[nH]1. The molecule has 0 aliphatic rings. The zero-order valence-electron chi connectivity index (χ0n) is 9.41. The molecule has 2 N–H and O–H groups in total. The van der Waals surface area contributed by atoms with Crippen molar-refractivity contribution in [2.45, 2.75) is 13.8 Å². The molecule has 0 aliphatic carbocycles. The second-order valence-electron chi connectivity index (χ2n) is 3.82. The Morgan fingerprint density at radius 2 is 2.06 bits per heavy atom. The van der Waals surface area contributed by atoms with Crippen LogP contribution in [0.15, 0.2) is 27.5 Å². The number of aromatic nitrogens is 2. The summed E-state index contributed by atoms with van der Waals surface area (Å²) < 4.78 is 0.956. The summed E-state index contributed by atoms with van der Waals surface area (Å²) in [6.07, 6.45) is 0. The topological polar surface area (TPSA) is 66.0 Å². The molecule has 0 fully saturated rings. The maximum Gasteiger partial charge on any atom is 0.257 e. The van der Waals surface area contributed by atoms with Crippen molar-refractivity contribution in [3.63, 3.8) is 0 Å². The molecule has 0 unspecified atom stereocenters. The van der Waals surface area contributed by atoms with Gasteiger partial charge in [0.2, 0.25) is 5.88 Å². The number of rotatable bonds is 1. The quantitative estimate of drug-likeness (QED) is 0.849. The van der Waals surface area contributed by atoms with E-state index in [4.69, 9.17) is 0 Å². The van der Waals surface area contributed by atoms with Gasteiger partial charge in [-0.2, -0.15) is 4.98 Å². The van der Waals surface area contributed by atoms with Gasteiger partial charge in [-0.25, -0.2) is 0 Å². The first-order chi connectivity index (χ1) is 7.99. The smallest absolute Gasteiger partial charge is 0.257 e. The van der Waals surface area contributed by atoms with Crippen LogP contribution in [0.5, 0.6) is 5.88 Å². The van der Waals surface area contributed by atoms with E-state index >= 15 is 0 Å². The van der Waals surface area contributed by atoms with Crippen molar-refractivity contribution in [1.29, 1.82) is 0 Å². The Balaban J connectivity index is 2.65. The molecule has 4 nitrogen and oxygen atoms in total. The number of nitrogens with one attached hydrogen (secondary N) is 1. The number of aryl methyl sites for hydroxylation is 1. The highest BCUT2D eigenvalue weighted by Crippen LogP contribution is 2.24. The number of hydrogen-bond acceptors (Lipinski definition) is 3. The first kappa shape index (κ1) is 11.9. The van der Waals surface area contributed by atoms with E-state index in [-0.39, 0.29) is 17.0 Å². The van der Waals surface area contributed by atoms with Gasteiger partial charge in [0, 0.05) is 10.0 Å². The molecule has 1 aromatic carbocycles. The number of hydrogen-bond donors (Lipinski definition) is 2. The van der Waals surface area contributed by atoms with Gasteiger partial charge in [-0.1, -0.05) is 15.9 Å². The molecular formula is C12H11BrN2O2. The lowest BCUT2D eigenvalue weighted by Gasteiger charge is -2.06. The Morgan fingerprint density at radius 1 is 1.35 bits per heavy atom. The second-order valence-corrected chi connectivity index (χ2v) is 4.74. The number of H-pyrrole nitrogens is 1. The Morgan fingerprint density at radius 3 is 2.65 bits per heavy atom. The molecule has 5 heteroatoms. The first-order valence-corrected chi connectivity index (χ1v) is 5.84. The van der Waals surface area contributed by atoms with Gasteiger partial charge in [-0.3, -0.25) is 4.79 Å². The van der Waals surface area contributed by atoms with Gasteiger partial charge in [0.05, 0.1) is 5.56 Å². The minimum absolute atomic E-state index is 0.225. The van der Waals surface area contributed by atoms with Gasteiger partial charge < -0.3 is 10.1 Å². The minimum atomic E-state index is -0.324. The Labute approximate surface area is 106 Å². The fourth-order valence-electron chi connectivity index (χ4n) is 1.54. The van der Waals surface area contributed by atoms with E-state index in [2.05, 4.69) is 25.9 Å². The maximum atomic E-state index is 11.5. The fourth-order valence-corrected chi connectivity index (χ4v) is 2.02. The zero-order valence-corrected chi connectivity index (χ0v) is 11.0. The van der Waals surface area contributed by atoms with E-state index in [1.807, 2.05) is 25.1 Å². The predicted molar refractivity (Wildman–Crippen MR) is 69.1 cm³/mol. The van der Waals surface area contributed by atoms with E-state index in [1.165, 1.54) is 6.92 Å². The third-order valence-corrected chi connectivity index (χ3v) is 3.06. The average Bonchev–Trinajstić information content (AvgIpc) is 2.25. The Kier molecular flexibility index (Phi) is 3.02. The monoisotopic (exact) mass is 294 g/mol. The highest BCUT2D eigenvalue weighted by atomic mass is 79.9. The standard InChI is InChI=1S/C12H11BrN2O2/c1-6-5-8(13)3-4-9(6)10-14-11(16)7(2)12(17)15-10/h3-5H,1-2H3,(H2,14,15,16,17). The summed E-state index contributed by atoms with van der Waals surface area (Å²) in [5, 5.41) is 9.55. The molecule has 88 valence electrons. The van der Waals surface area contributed by atoms with Gasteiger partial charge in [0.1, 0.15) is 5.82 Å². The predicted octanol–water partition coefficient (Wildman–Crippen LogP) is 2.52. The largest absolute Gasteiger partial charge is 0.493 e. The molecule has 0 radical (unpaired) electrons. The van der Waals surface area contributed by atoms with Gasteiger partial charge in [-0.15, -0.1) is 0 Å². The molecule has 0 aliphatic heterocycles. The molecular weight excluding hydrogens is 284 g/mol. The van der Waals surface area contributed by atoms with Crippen LogP contribution in [0.1, 0.15) is 11.1 Å². The molecule has 2 aromatic rings. The number of benzene rings is 1. The van der Waals surface area contributed by atoms with Crippen LogP contribution in [-0.4, -0.2) is 15.1 Å². The molecule has 2 rings (SSSR count). The molecule has 0 saturated carbocycles. The Hall–Kier alpha value is -1.62. The van der Waals surface area contributed by atoms with Crippen molar-refractivity contribution < 1.29 is 5.11 Å².